The fourth-order valence-corrected chi connectivity index (χ4v) is 10.8. The first-order valence-electron chi connectivity index (χ1n) is 33.2. The van der Waals surface area contributed by atoms with E-state index in [4.69, 9.17) is 28.4 Å². The molecule has 86 heavy (non-hydrogen) atoms. The van der Waals surface area contributed by atoms with Crippen molar-refractivity contribution in [2.45, 2.75) is 317 Å². The van der Waals surface area contributed by atoms with Gasteiger partial charge in [-0.3, -0.25) is 4.79 Å². The van der Waals surface area contributed by atoms with Gasteiger partial charge in [0.1, 0.15) is 73.2 Å². The van der Waals surface area contributed by atoms with E-state index in [2.05, 4.69) is 79.9 Å². The predicted molar refractivity (Wildman–Crippen MR) is 332 cm³/mol. The molecule has 0 aromatic heterocycles. The standard InChI is InChI=1S/C67H117NO18/c1-3-5-7-9-11-13-15-17-18-19-20-21-22-23-24-25-26-27-28-29-30-31-33-34-36-38-40-42-44-51(72)50(68-55(73)45-43-41-39-37-35-32-16-14-12-10-8-6-4-2)49-81-65-61(79)58(76)63(53(47-70)83-65)86-67-62(80)59(77)64(54(48-71)84-67)85-66-60(78)57(75)56(74)52(46-69)82-66/h6,8,12,14,29-30,32,34-36,42,44,50-54,56-67,69-72,74-80H,3-5,7,9-11,13,15-28,31,33,37-41,43,45-49H2,1-2H3,(H,68,73)/b8-6-,14-12-,30-29+,35-32-,36-34+,44-42+. The Bertz CT molecular complexity index is 1850. The molecule has 3 heterocycles. The van der Waals surface area contributed by atoms with Crippen LogP contribution < -0.4 is 5.32 Å². The highest BCUT2D eigenvalue weighted by Gasteiger charge is 2.53. The Morgan fingerprint density at radius 1 is 0.430 bits per heavy atom. The number of aliphatic hydroxyl groups excluding tert-OH is 11. The Morgan fingerprint density at radius 3 is 1.30 bits per heavy atom. The van der Waals surface area contributed by atoms with Crippen LogP contribution in [0.3, 0.4) is 0 Å². The average Bonchev–Trinajstić information content (AvgIpc) is 2.26. The average molecular weight is 1220 g/mol. The molecule has 3 aliphatic heterocycles. The van der Waals surface area contributed by atoms with E-state index in [0.29, 0.717) is 12.8 Å². The zero-order valence-corrected chi connectivity index (χ0v) is 52.3. The quantitative estimate of drug-likeness (QED) is 0.0204. The molecule has 0 spiro atoms. The smallest absolute Gasteiger partial charge is 0.220 e. The van der Waals surface area contributed by atoms with Crippen LogP contribution in [0.15, 0.2) is 72.9 Å². The van der Waals surface area contributed by atoms with E-state index in [0.717, 1.165) is 64.2 Å². The van der Waals surface area contributed by atoms with Crippen LogP contribution in [0, 0.1) is 0 Å². The number of nitrogens with one attached hydrogen (secondary N) is 1. The summed E-state index contributed by atoms with van der Waals surface area (Å²) < 4.78 is 34.2. The first-order chi connectivity index (χ1) is 41.8. The van der Waals surface area contributed by atoms with E-state index >= 15 is 0 Å². The molecule has 0 aromatic rings. The van der Waals surface area contributed by atoms with E-state index in [1.165, 1.54) is 116 Å². The number of rotatable bonds is 49. The number of allylic oxidation sites excluding steroid dienone is 11. The highest BCUT2D eigenvalue weighted by molar-refractivity contribution is 5.76. The second-order valence-corrected chi connectivity index (χ2v) is 23.5. The van der Waals surface area contributed by atoms with E-state index in [-0.39, 0.29) is 18.9 Å². The molecule has 17 atom stereocenters. The van der Waals surface area contributed by atoms with Crippen LogP contribution in [0.5, 0.6) is 0 Å². The molecule has 12 N–H and O–H groups in total. The van der Waals surface area contributed by atoms with Gasteiger partial charge < -0.3 is 89.9 Å². The summed E-state index contributed by atoms with van der Waals surface area (Å²) in [5, 5.41) is 120. The van der Waals surface area contributed by atoms with Crippen molar-refractivity contribution < 1.29 is 89.4 Å². The largest absolute Gasteiger partial charge is 0.394 e. The van der Waals surface area contributed by atoms with Crippen molar-refractivity contribution in [1.29, 1.82) is 0 Å². The number of hydrogen-bond donors (Lipinski definition) is 12. The molecule has 1 amide bonds. The summed E-state index contributed by atoms with van der Waals surface area (Å²) in [4.78, 5) is 13.3. The minimum absolute atomic E-state index is 0.193. The van der Waals surface area contributed by atoms with E-state index in [1.54, 1.807) is 6.08 Å². The molecule has 498 valence electrons. The highest BCUT2D eigenvalue weighted by Crippen LogP contribution is 2.33. The molecule has 19 nitrogen and oxygen atoms in total. The molecule has 0 bridgehead atoms. The van der Waals surface area contributed by atoms with Gasteiger partial charge in [-0.2, -0.15) is 0 Å². The fraction of sp³-hybridized carbons (Fsp3) is 0.806. The molecule has 0 radical (unpaired) electrons. The van der Waals surface area contributed by atoms with Gasteiger partial charge in [-0.25, -0.2) is 0 Å². The topological polar surface area (TPSA) is 307 Å². The monoisotopic (exact) mass is 1220 g/mol. The Hall–Kier alpha value is -2.77. The normalized spacial score (nSPS) is 29.2. The van der Waals surface area contributed by atoms with Gasteiger partial charge in [0, 0.05) is 6.42 Å². The predicted octanol–water partition coefficient (Wildman–Crippen LogP) is 7.77. The second kappa shape index (κ2) is 49.0. The maximum absolute atomic E-state index is 13.3. The first-order valence-corrected chi connectivity index (χ1v) is 33.2. The zero-order chi connectivity index (χ0) is 62.6. The highest BCUT2D eigenvalue weighted by atomic mass is 16.8. The summed E-state index contributed by atoms with van der Waals surface area (Å²) in [7, 11) is 0. The van der Waals surface area contributed by atoms with Crippen LogP contribution >= 0.6 is 0 Å². The molecule has 3 saturated heterocycles. The summed E-state index contributed by atoms with van der Waals surface area (Å²) in [6.07, 6.45) is 33.4. The van der Waals surface area contributed by atoms with Gasteiger partial charge in [-0.05, 0) is 77.0 Å². The lowest BCUT2D eigenvalue weighted by Gasteiger charge is -2.48. The lowest BCUT2D eigenvalue weighted by molar-refractivity contribution is -0.379. The molecule has 17 unspecified atom stereocenters. The van der Waals surface area contributed by atoms with Crippen LogP contribution in [0.1, 0.15) is 213 Å². The molecular formula is C67H117NO18. The Kier molecular flexibility index (Phi) is 44.1. The number of aliphatic hydroxyl groups is 11. The Labute approximate surface area is 515 Å². The third kappa shape index (κ3) is 31.3. The zero-order valence-electron chi connectivity index (χ0n) is 52.3. The van der Waals surface area contributed by atoms with Gasteiger partial charge in [-0.15, -0.1) is 0 Å². The van der Waals surface area contributed by atoms with Crippen LogP contribution in [0.2, 0.25) is 0 Å². The lowest BCUT2D eigenvalue weighted by atomic mass is 9.96. The van der Waals surface area contributed by atoms with Crippen molar-refractivity contribution >= 4 is 5.91 Å². The molecule has 0 saturated carbocycles. The number of hydrogen-bond acceptors (Lipinski definition) is 18. The summed E-state index contributed by atoms with van der Waals surface area (Å²) >= 11 is 0. The Balaban J connectivity index is 1.45. The van der Waals surface area contributed by atoms with Gasteiger partial charge in [0.25, 0.3) is 0 Å². The van der Waals surface area contributed by atoms with Gasteiger partial charge in [-0.1, -0.05) is 202 Å². The maximum atomic E-state index is 13.3. The van der Waals surface area contributed by atoms with Gasteiger partial charge in [0.05, 0.1) is 38.6 Å². The van der Waals surface area contributed by atoms with Crippen LogP contribution in [0.25, 0.3) is 0 Å². The van der Waals surface area contributed by atoms with Crippen molar-refractivity contribution in [1.82, 2.24) is 5.32 Å². The van der Waals surface area contributed by atoms with Gasteiger partial charge in [0.2, 0.25) is 5.91 Å². The third-order valence-electron chi connectivity index (χ3n) is 16.2. The summed E-state index contributed by atoms with van der Waals surface area (Å²) in [5.41, 5.74) is 0. The number of carbonyl (C=O) groups excluding carboxylic acids is 1. The van der Waals surface area contributed by atoms with Gasteiger partial charge in [0.15, 0.2) is 18.9 Å². The minimum atomic E-state index is -1.99. The van der Waals surface area contributed by atoms with E-state index < -0.39 is 124 Å². The van der Waals surface area contributed by atoms with E-state index in [1.807, 2.05) is 6.08 Å². The van der Waals surface area contributed by atoms with Crippen molar-refractivity contribution in [3.8, 4) is 0 Å². The van der Waals surface area contributed by atoms with Crippen LogP contribution in [-0.2, 0) is 33.2 Å². The maximum Gasteiger partial charge on any atom is 0.220 e. The number of carbonyl (C=O) groups is 1. The molecule has 0 aromatic carbocycles. The Morgan fingerprint density at radius 2 is 0.814 bits per heavy atom. The third-order valence-corrected chi connectivity index (χ3v) is 16.2. The molecule has 3 aliphatic rings. The van der Waals surface area contributed by atoms with Gasteiger partial charge >= 0.3 is 0 Å². The molecular weight excluding hydrogens is 1110 g/mol. The van der Waals surface area contributed by atoms with Crippen LogP contribution in [-0.4, -0.2) is 193 Å². The second-order valence-electron chi connectivity index (χ2n) is 23.5. The summed E-state index contributed by atoms with van der Waals surface area (Å²) in [5.74, 6) is -0.321. The molecule has 3 rings (SSSR count). The lowest BCUT2D eigenvalue weighted by Crippen LogP contribution is -2.66. The van der Waals surface area contributed by atoms with Crippen LogP contribution in [0.4, 0.5) is 0 Å². The summed E-state index contributed by atoms with van der Waals surface area (Å²) in [6, 6.07) is -1.02. The summed E-state index contributed by atoms with van der Waals surface area (Å²) in [6.45, 7) is 1.55. The minimum Gasteiger partial charge on any atom is -0.394 e. The molecule has 3 fully saturated rings. The SMILES string of the molecule is CC/C=C\C/C=C\C/C=C\CCCCCC(=O)NC(COC1OC(CO)C(OC2OC(CO)C(OC3OC(CO)C(O)C(O)C3O)C(O)C2O)C(O)C1O)C(O)/C=C/CC/C=C/CC/C=C/CCCCCCCCCCCCCCCCCCCC. The number of unbranched alkanes of at least 4 members (excludes halogenated alkanes) is 23. The first kappa shape index (κ1) is 77.5. The number of ether oxygens (including phenoxy) is 6. The van der Waals surface area contributed by atoms with Crippen molar-refractivity contribution in [2.75, 3.05) is 26.4 Å². The van der Waals surface area contributed by atoms with Crippen molar-refractivity contribution in [3.05, 3.63) is 72.9 Å². The molecule has 19 heteroatoms. The van der Waals surface area contributed by atoms with Crippen molar-refractivity contribution in [3.63, 3.8) is 0 Å². The number of amides is 1. The fourth-order valence-electron chi connectivity index (χ4n) is 10.8. The van der Waals surface area contributed by atoms with Crippen molar-refractivity contribution in [2.24, 2.45) is 0 Å². The van der Waals surface area contributed by atoms with E-state index in [9.17, 15) is 61.0 Å². The molecule has 0 aliphatic carbocycles.